The first-order chi connectivity index (χ1) is 14.0. The van der Waals surface area contributed by atoms with E-state index < -0.39 is 5.92 Å². The number of aromatic nitrogens is 2. The number of nitrogens with zero attached hydrogens (tertiary/aromatic N) is 2. The molecule has 1 fully saturated rings. The Bertz CT molecular complexity index is 1060. The Morgan fingerprint density at radius 3 is 2.69 bits per heavy atom. The van der Waals surface area contributed by atoms with Crippen LogP contribution in [-0.2, 0) is 23.2 Å². The van der Waals surface area contributed by atoms with Gasteiger partial charge in [-0.1, -0.05) is 41.9 Å². The second-order valence-corrected chi connectivity index (χ2v) is 7.43. The summed E-state index contributed by atoms with van der Waals surface area (Å²) in [5.74, 6) is -0.212. The number of nitrogens with one attached hydrogen (secondary N) is 1. The van der Waals surface area contributed by atoms with Crippen LogP contribution < -0.4 is 10.1 Å². The fourth-order valence-corrected chi connectivity index (χ4v) is 3.83. The minimum atomic E-state index is -0.416. The molecule has 0 saturated carbocycles. The van der Waals surface area contributed by atoms with Crippen LogP contribution in [0.4, 0.5) is 0 Å². The molecule has 2 amide bonds. The largest absolute Gasteiger partial charge is 0.487 e. The molecule has 1 aliphatic rings. The van der Waals surface area contributed by atoms with E-state index in [0.29, 0.717) is 24.5 Å². The number of imidazole rings is 1. The molecule has 1 atom stereocenters. The van der Waals surface area contributed by atoms with Gasteiger partial charge in [0, 0.05) is 25.2 Å². The Kier molecular flexibility index (Phi) is 5.36. The SMILES string of the molecule is Cn1cnc(COc2ccc(-c3cccc(C4CCC(=O)NC4=O)c3Cl)cc2)c1. The number of imide groups is 1. The van der Waals surface area contributed by atoms with Gasteiger partial charge in [0.2, 0.25) is 11.8 Å². The summed E-state index contributed by atoms with van der Waals surface area (Å²) in [4.78, 5) is 27.9. The second-order valence-electron chi connectivity index (χ2n) is 7.06. The third-order valence-corrected chi connectivity index (χ3v) is 5.38. The van der Waals surface area contributed by atoms with Crippen molar-refractivity contribution in [2.75, 3.05) is 0 Å². The lowest BCUT2D eigenvalue weighted by Gasteiger charge is -2.23. The average molecular weight is 410 g/mol. The lowest BCUT2D eigenvalue weighted by Crippen LogP contribution is -2.39. The molecule has 2 heterocycles. The van der Waals surface area contributed by atoms with Gasteiger partial charge < -0.3 is 9.30 Å². The van der Waals surface area contributed by atoms with E-state index in [-0.39, 0.29) is 11.8 Å². The summed E-state index contributed by atoms with van der Waals surface area (Å²) in [6.45, 7) is 0.395. The van der Waals surface area contributed by atoms with E-state index in [1.807, 2.05) is 60.3 Å². The van der Waals surface area contributed by atoms with Gasteiger partial charge in [0.1, 0.15) is 12.4 Å². The van der Waals surface area contributed by atoms with Crippen molar-refractivity contribution < 1.29 is 14.3 Å². The first kappa shape index (κ1) is 19.2. The molecule has 6 nitrogen and oxygen atoms in total. The van der Waals surface area contributed by atoms with E-state index in [2.05, 4.69) is 10.3 Å². The fraction of sp³-hybridized carbons (Fsp3) is 0.227. The Hall–Kier alpha value is -3.12. The van der Waals surface area contributed by atoms with Crippen LogP contribution >= 0.6 is 11.6 Å². The topological polar surface area (TPSA) is 73.2 Å². The molecule has 29 heavy (non-hydrogen) atoms. The van der Waals surface area contributed by atoms with Gasteiger partial charge in [0.15, 0.2) is 0 Å². The van der Waals surface area contributed by atoms with Crippen LogP contribution in [0.1, 0.15) is 30.0 Å². The number of benzene rings is 2. The van der Waals surface area contributed by atoms with Crippen molar-refractivity contribution in [1.82, 2.24) is 14.9 Å². The zero-order chi connectivity index (χ0) is 20.4. The van der Waals surface area contributed by atoms with Gasteiger partial charge in [-0.3, -0.25) is 14.9 Å². The molecule has 0 aliphatic carbocycles. The molecule has 1 unspecified atom stereocenters. The number of piperidine rings is 1. The lowest BCUT2D eigenvalue weighted by molar-refractivity contribution is -0.134. The minimum absolute atomic E-state index is 0.236. The monoisotopic (exact) mass is 409 g/mol. The molecule has 7 heteroatoms. The molecule has 3 aromatic rings. The highest BCUT2D eigenvalue weighted by Crippen LogP contribution is 2.37. The Morgan fingerprint density at radius 2 is 2.00 bits per heavy atom. The highest BCUT2D eigenvalue weighted by Gasteiger charge is 2.30. The predicted molar refractivity (Wildman–Crippen MR) is 110 cm³/mol. The van der Waals surface area contributed by atoms with E-state index in [9.17, 15) is 9.59 Å². The summed E-state index contributed by atoms with van der Waals surface area (Å²) in [5, 5.41) is 2.92. The molecule has 0 bridgehead atoms. The Labute approximate surface area is 173 Å². The standard InChI is InChI=1S/C22H20ClN3O3/c1-26-11-15(24-13-26)12-29-16-7-5-14(6-8-16)17-3-2-4-18(21(17)23)19-9-10-20(27)25-22(19)28/h2-8,11,13,19H,9-10,12H2,1H3,(H,25,27,28). The fourth-order valence-electron chi connectivity index (χ4n) is 3.46. The van der Waals surface area contributed by atoms with Gasteiger partial charge in [-0.15, -0.1) is 0 Å². The summed E-state index contributed by atoms with van der Waals surface area (Å²) in [5.41, 5.74) is 3.36. The van der Waals surface area contributed by atoms with Crippen LogP contribution in [0.2, 0.25) is 5.02 Å². The summed E-state index contributed by atoms with van der Waals surface area (Å²) < 4.78 is 7.65. The van der Waals surface area contributed by atoms with Gasteiger partial charge >= 0.3 is 0 Å². The van der Waals surface area contributed by atoms with Gasteiger partial charge in [-0.25, -0.2) is 4.98 Å². The van der Waals surface area contributed by atoms with Crippen molar-refractivity contribution in [3.05, 3.63) is 71.3 Å². The maximum absolute atomic E-state index is 12.2. The molecule has 0 radical (unpaired) electrons. The summed E-state index contributed by atoms with van der Waals surface area (Å²) in [6.07, 6.45) is 4.43. The summed E-state index contributed by atoms with van der Waals surface area (Å²) in [6, 6.07) is 13.3. The van der Waals surface area contributed by atoms with Crippen molar-refractivity contribution in [3.8, 4) is 16.9 Å². The van der Waals surface area contributed by atoms with Crippen molar-refractivity contribution in [2.45, 2.75) is 25.4 Å². The molecule has 2 aromatic carbocycles. The number of carbonyl (C=O) groups excluding carboxylic acids is 2. The molecule has 1 aromatic heterocycles. The molecule has 4 rings (SSSR count). The van der Waals surface area contributed by atoms with Crippen LogP contribution in [0.25, 0.3) is 11.1 Å². The molecular formula is C22H20ClN3O3. The molecule has 1 N–H and O–H groups in total. The Morgan fingerprint density at radius 1 is 1.21 bits per heavy atom. The van der Waals surface area contributed by atoms with Gasteiger partial charge in [-0.2, -0.15) is 0 Å². The van der Waals surface area contributed by atoms with Crippen molar-refractivity contribution in [2.24, 2.45) is 7.05 Å². The molecule has 1 aliphatic heterocycles. The highest BCUT2D eigenvalue weighted by molar-refractivity contribution is 6.34. The van der Waals surface area contributed by atoms with Crippen molar-refractivity contribution in [1.29, 1.82) is 0 Å². The predicted octanol–water partition coefficient (Wildman–Crippen LogP) is 3.84. The van der Waals surface area contributed by atoms with E-state index >= 15 is 0 Å². The van der Waals surface area contributed by atoms with E-state index in [1.54, 1.807) is 6.33 Å². The van der Waals surface area contributed by atoms with Crippen LogP contribution in [-0.4, -0.2) is 21.4 Å². The molecule has 1 saturated heterocycles. The third kappa shape index (κ3) is 4.17. The first-order valence-corrected chi connectivity index (χ1v) is 9.71. The van der Waals surface area contributed by atoms with E-state index in [1.165, 1.54) is 0 Å². The number of hydrogen-bond acceptors (Lipinski definition) is 4. The van der Waals surface area contributed by atoms with Crippen LogP contribution in [0.15, 0.2) is 55.0 Å². The van der Waals surface area contributed by atoms with E-state index in [0.717, 1.165) is 28.1 Å². The van der Waals surface area contributed by atoms with Crippen LogP contribution in [0, 0.1) is 0 Å². The van der Waals surface area contributed by atoms with Gasteiger partial charge in [0.05, 0.1) is 23.0 Å². The smallest absolute Gasteiger partial charge is 0.234 e. The molecular weight excluding hydrogens is 390 g/mol. The number of hydrogen-bond donors (Lipinski definition) is 1. The Balaban J connectivity index is 1.52. The van der Waals surface area contributed by atoms with E-state index in [4.69, 9.17) is 16.3 Å². The quantitative estimate of drug-likeness (QED) is 0.650. The second kappa shape index (κ2) is 8.09. The maximum Gasteiger partial charge on any atom is 0.234 e. The van der Waals surface area contributed by atoms with Gasteiger partial charge in [0.25, 0.3) is 0 Å². The van der Waals surface area contributed by atoms with Gasteiger partial charge in [-0.05, 0) is 29.7 Å². The number of carbonyl (C=O) groups is 2. The lowest BCUT2D eigenvalue weighted by atomic mass is 9.88. The molecule has 0 spiro atoms. The first-order valence-electron chi connectivity index (χ1n) is 9.33. The van der Waals surface area contributed by atoms with Crippen molar-refractivity contribution >= 4 is 23.4 Å². The maximum atomic E-state index is 12.2. The summed E-state index contributed by atoms with van der Waals surface area (Å²) >= 11 is 6.65. The number of ether oxygens (including phenoxy) is 1. The molecule has 148 valence electrons. The van der Waals surface area contributed by atoms with Crippen molar-refractivity contribution in [3.63, 3.8) is 0 Å². The third-order valence-electron chi connectivity index (χ3n) is 4.95. The van der Waals surface area contributed by atoms with Crippen LogP contribution in [0.5, 0.6) is 5.75 Å². The number of rotatable bonds is 5. The number of aryl methyl sites for hydroxylation is 1. The summed E-state index contributed by atoms with van der Waals surface area (Å²) in [7, 11) is 1.91. The van der Waals surface area contributed by atoms with Crippen LogP contribution in [0.3, 0.4) is 0 Å². The zero-order valence-electron chi connectivity index (χ0n) is 15.9. The average Bonchev–Trinajstić information content (AvgIpc) is 3.13. The minimum Gasteiger partial charge on any atom is -0.487 e. The highest BCUT2D eigenvalue weighted by atomic mass is 35.5. The zero-order valence-corrected chi connectivity index (χ0v) is 16.6. The normalized spacial score (nSPS) is 16.6. The number of halogens is 1. The number of amides is 2.